The van der Waals surface area contributed by atoms with Crippen LogP contribution in [0.25, 0.3) is 0 Å². The summed E-state index contributed by atoms with van der Waals surface area (Å²) >= 11 is 5.87. The first kappa shape index (κ1) is 12.5. The molecule has 1 aromatic rings. The third-order valence-electron chi connectivity index (χ3n) is 3.52. The molecule has 1 aliphatic rings. The van der Waals surface area contributed by atoms with Crippen molar-refractivity contribution in [3.8, 4) is 0 Å². The van der Waals surface area contributed by atoms with Crippen LogP contribution in [0.1, 0.15) is 23.8 Å². The van der Waals surface area contributed by atoms with Gasteiger partial charge < -0.3 is 14.6 Å². The third-order valence-corrected chi connectivity index (χ3v) is 3.73. The van der Waals surface area contributed by atoms with Gasteiger partial charge in [0, 0.05) is 19.8 Å². The number of likely N-dealkylation sites (tertiary alicyclic amines) is 1. The minimum absolute atomic E-state index is 0.0189. The Balaban J connectivity index is 2.23. The van der Waals surface area contributed by atoms with Crippen LogP contribution in [0.4, 0.5) is 0 Å². The third kappa shape index (κ3) is 2.19. The summed E-state index contributed by atoms with van der Waals surface area (Å²) in [5, 5.41) is 9.91. The van der Waals surface area contributed by atoms with Crippen molar-refractivity contribution in [3.63, 3.8) is 0 Å². The van der Waals surface area contributed by atoms with Gasteiger partial charge in [-0.15, -0.1) is 0 Å². The maximum absolute atomic E-state index is 12.3. The van der Waals surface area contributed by atoms with Crippen molar-refractivity contribution in [2.24, 2.45) is 13.0 Å². The van der Waals surface area contributed by atoms with Gasteiger partial charge in [-0.1, -0.05) is 18.5 Å². The average Bonchev–Trinajstić information content (AvgIpc) is 2.80. The first-order valence-electron chi connectivity index (χ1n) is 5.78. The molecule has 1 aromatic heterocycles. The summed E-state index contributed by atoms with van der Waals surface area (Å²) in [6.45, 7) is 2.78. The topological polar surface area (TPSA) is 45.5 Å². The first-order chi connectivity index (χ1) is 8.04. The molecule has 1 N–H and O–H groups in total. The van der Waals surface area contributed by atoms with E-state index < -0.39 is 0 Å². The van der Waals surface area contributed by atoms with E-state index in [4.69, 9.17) is 11.6 Å². The monoisotopic (exact) mass is 256 g/mol. The fourth-order valence-electron chi connectivity index (χ4n) is 2.42. The number of aliphatic hydroxyl groups is 1. The van der Waals surface area contributed by atoms with Gasteiger partial charge in [-0.25, -0.2) is 0 Å². The van der Waals surface area contributed by atoms with Crippen molar-refractivity contribution in [3.05, 3.63) is 23.0 Å². The van der Waals surface area contributed by atoms with E-state index in [1.54, 1.807) is 28.8 Å². The smallest absolute Gasteiger partial charge is 0.270 e. The van der Waals surface area contributed by atoms with Gasteiger partial charge >= 0.3 is 0 Å². The molecule has 2 atom stereocenters. The largest absolute Gasteiger partial charge is 0.394 e. The Morgan fingerprint density at radius 1 is 1.65 bits per heavy atom. The highest BCUT2D eigenvalue weighted by Crippen LogP contribution is 2.26. The molecule has 4 nitrogen and oxygen atoms in total. The van der Waals surface area contributed by atoms with Gasteiger partial charge in [-0.3, -0.25) is 4.79 Å². The Kier molecular flexibility index (Phi) is 3.45. The van der Waals surface area contributed by atoms with E-state index in [-0.39, 0.29) is 18.6 Å². The minimum Gasteiger partial charge on any atom is -0.394 e. The standard InChI is InChI=1S/C12H17ClN2O2/c1-8-3-4-15(11(8)7-16)12(17)10-5-9(13)6-14(10)2/h5-6,8,11,16H,3-4,7H2,1-2H3. The van der Waals surface area contributed by atoms with Crippen LogP contribution in [0.2, 0.25) is 5.02 Å². The van der Waals surface area contributed by atoms with E-state index in [1.165, 1.54) is 0 Å². The van der Waals surface area contributed by atoms with Crippen LogP contribution >= 0.6 is 11.6 Å². The molecule has 1 fully saturated rings. The lowest BCUT2D eigenvalue weighted by Gasteiger charge is -2.25. The Labute approximate surface area is 106 Å². The van der Waals surface area contributed by atoms with Crippen LogP contribution in [0.5, 0.6) is 0 Å². The number of nitrogens with zero attached hydrogens (tertiary/aromatic N) is 2. The number of halogens is 1. The molecule has 1 saturated heterocycles. The molecule has 0 aliphatic carbocycles. The van der Waals surface area contributed by atoms with Crippen LogP contribution < -0.4 is 0 Å². The van der Waals surface area contributed by atoms with E-state index in [1.807, 2.05) is 0 Å². The maximum Gasteiger partial charge on any atom is 0.270 e. The molecule has 5 heteroatoms. The van der Waals surface area contributed by atoms with E-state index >= 15 is 0 Å². The summed E-state index contributed by atoms with van der Waals surface area (Å²) < 4.78 is 1.72. The van der Waals surface area contributed by atoms with E-state index in [2.05, 4.69) is 6.92 Å². The van der Waals surface area contributed by atoms with Crippen molar-refractivity contribution < 1.29 is 9.90 Å². The molecule has 94 valence electrons. The summed E-state index contributed by atoms with van der Waals surface area (Å²) in [4.78, 5) is 14.1. The van der Waals surface area contributed by atoms with Crippen LogP contribution in [-0.2, 0) is 7.05 Å². The zero-order chi connectivity index (χ0) is 12.6. The normalized spacial score (nSPS) is 24.4. The summed E-state index contributed by atoms with van der Waals surface area (Å²) in [5.41, 5.74) is 0.572. The summed E-state index contributed by atoms with van der Waals surface area (Å²) in [7, 11) is 1.80. The molecule has 2 rings (SSSR count). The number of hydrogen-bond acceptors (Lipinski definition) is 2. The highest BCUT2D eigenvalue weighted by Gasteiger charge is 2.35. The average molecular weight is 257 g/mol. The summed E-state index contributed by atoms with van der Waals surface area (Å²) in [6.07, 6.45) is 2.65. The van der Waals surface area contributed by atoms with Crippen molar-refractivity contribution >= 4 is 17.5 Å². The lowest BCUT2D eigenvalue weighted by atomic mass is 10.0. The van der Waals surface area contributed by atoms with Crippen LogP contribution in [0.3, 0.4) is 0 Å². The van der Waals surface area contributed by atoms with Crippen molar-refractivity contribution in [1.82, 2.24) is 9.47 Å². The number of hydrogen-bond donors (Lipinski definition) is 1. The fourth-order valence-corrected chi connectivity index (χ4v) is 2.67. The van der Waals surface area contributed by atoms with Crippen molar-refractivity contribution in [2.75, 3.05) is 13.2 Å². The molecule has 0 spiro atoms. The lowest BCUT2D eigenvalue weighted by Crippen LogP contribution is -2.40. The second-order valence-electron chi connectivity index (χ2n) is 4.67. The molecule has 0 aromatic carbocycles. The Morgan fingerprint density at radius 2 is 2.35 bits per heavy atom. The van der Waals surface area contributed by atoms with E-state index in [9.17, 15) is 9.90 Å². The second-order valence-corrected chi connectivity index (χ2v) is 5.11. The van der Waals surface area contributed by atoms with Gasteiger partial charge in [-0.2, -0.15) is 0 Å². The number of amides is 1. The SMILES string of the molecule is CC1CCN(C(=O)c2cc(Cl)cn2C)C1CO. The van der Waals surface area contributed by atoms with Gasteiger partial charge in [0.2, 0.25) is 0 Å². The predicted molar refractivity (Wildman–Crippen MR) is 66.1 cm³/mol. The molecular formula is C12H17ClN2O2. The molecule has 0 radical (unpaired) electrons. The lowest BCUT2D eigenvalue weighted by molar-refractivity contribution is 0.0639. The van der Waals surface area contributed by atoms with E-state index in [0.29, 0.717) is 23.2 Å². The van der Waals surface area contributed by atoms with Gasteiger partial charge in [0.15, 0.2) is 0 Å². The number of aryl methyl sites for hydroxylation is 1. The predicted octanol–water partition coefficient (Wildman–Crippen LogP) is 1.52. The summed E-state index contributed by atoms with van der Waals surface area (Å²) in [6, 6.07) is 1.59. The van der Waals surface area contributed by atoms with Crippen LogP contribution in [0.15, 0.2) is 12.3 Å². The molecule has 1 amide bonds. The quantitative estimate of drug-likeness (QED) is 0.872. The first-order valence-corrected chi connectivity index (χ1v) is 6.16. The molecule has 2 heterocycles. The van der Waals surface area contributed by atoms with Gasteiger partial charge in [-0.05, 0) is 18.4 Å². The van der Waals surface area contributed by atoms with Gasteiger partial charge in [0.25, 0.3) is 5.91 Å². The molecule has 0 bridgehead atoms. The van der Waals surface area contributed by atoms with Crippen molar-refractivity contribution in [1.29, 1.82) is 0 Å². The number of carbonyl (C=O) groups excluding carboxylic acids is 1. The minimum atomic E-state index is -0.0730. The number of carbonyl (C=O) groups is 1. The highest BCUT2D eigenvalue weighted by atomic mass is 35.5. The zero-order valence-electron chi connectivity index (χ0n) is 10.1. The Morgan fingerprint density at radius 3 is 2.88 bits per heavy atom. The Hall–Kier alpha value is -1.00. The number of rotatable bonds is 2. The van der Waals surface area contributed by atoms with Crippen LogP contribution in [-0.4, -0.2) is 39.7 Å². The number of aromatic nitrogens is 1. The molecular weight excluding hydrogens is 240 g/mol. The number of aliphatic hydroxyl groups excluding tert-OH is 1. The molecule has 17 heavy (non-hydrogen) atoms. The maximum atomic E-state index is 12.3. The highest BCUT2D eigenvalue weighted by molar-refractivity contribution is 6.31. The van der Waals surface area contributed by atoms with Crippen molar-refractivity contribution in [2.45, 2.75) is 19.4 Å². The Bertz CT molecular complexity index is 430. The molecule has 0 saturated carbocycles. The molecule has 2 unspecified atom stereocenters. The molecule has 1 aliphatic heterocycles. The second kappa shape index (κ2) is 4.70. The van der Waals surface area contributed by atoms with Crippen LogP contribution in [0, 0.1) is 5.92 Å². The zero-order valence-corrected chi connectivity index (χ0v) is 10.8. The van der Waals surface area contributed by atoms with Gasteiger partial charge in [0.05, 0.1) is 17.7 Å². The fraction of sp³-hybridized carbons (Fsp3) is 0.583. The van der Waals surface area contributed by atoms with E-state index in [0.717, 1.165) is 6.42 Å². The van der Waals surface area contributed by atoms with Gasteiger partial charge in [0.1, 0.15) is 5.69 Å². The summed E-state index contributed by atoms with van der Waals surface area (Å²) in [5.74, 6) is 0.294.